The molecule has 2 aromatic carbocycles. The molecule has 0 aromatic heterocycles. The first-order chi connectivity index (χ1) is 9.11. The quantitative estimate of drug-likeness (QED) is 0.912. The molecule has 98 valence electrons. The molecule has 0 bridgehead atoms. The Morgan fingerprint density at radius 1 is 1.00 bits per heavy atom. The van der Waals surface area contributed by atoms with E-state index in [0.717, 1.165) is 16.8 Å². The highest BCUT2D eigenvalue weighted by molar-refractivity contribution is 5.95. The second-order valence-electron chi connectivity index (χ2n) is 4.61. The maximum absolute atomic E-state index is 11.9. The Balaban J connectivity index is 2.34. The lowest BCUT2D eigenvalue weighted by atomic mass is 10.0. The van der Waals surface area contributed by atoms with E-state index in [1.165, 1.54) is 0 Å². The summed E-state index contributed by atoms with van der Waals surface area (Å²) in [4.78, 5) is 13.5. The van der Waals surface area contributed by atoms with Gasteiger partial charge in [0.05, 0.1) is 0 Å². The van der Waals surface area contributed by atoms with Gasteiger partial charge in [-0.2, -0.15) is 0 Å². The summed E-state index contributed by atoms with van der Waals surface area (Å²) < 4.78 is 0. The monoisotopic (exact) mass is 254 g/mol. The summed E-state index contributed by atoms with van der Waals surface area (Å²) in [6, 6.07) is 15.8. The molecule has 0 saturated heterocycles. The Kier molecular flexibility index (Phi) is 3.85. The average molecular weight is 254 g/mol. The third kappa shape index (κ3) is 2.94. The summed E-state index contributed by atoms with van der Waals surface area (Å²) >= 11 is 0. The largest absolute Gasteiger partial charge is 0.388 e. The van der Waals surface area contributed by atoms with Crippen molar-refractivity contribution in [1.82, 2.24) is 4.90 Å². The molecule has 0 aliphatic rings. The van der Waals surface area contributed by atoms with E-state index in [1.54, 1.807) is 19.0 Å². The summed E-state index contributed by atoms with van der Waals surface area (Å²) in [6.07, 6.45) is 0. The molecule has 3 nitrogen and oxygen atoms in total. The number of carbonyl (C=O) groups excluding carboxylic acids is 1. The Labute approximate surface area is 113 Å². The van der Waals surface area contributed by atoms with Crippen LogP contribution in [-0.4, -0.2) is 32.0 Å². The third-order valence-corrected chi connectivity index (χ3v) is 3.02. The van der Waals surface area contributed by atoms with Crippen LogP contribution in [0.5, 0.6) is 0 Å². The topological polar surface area (TPSA) is 32.3 Å². The lowest BCUT2D eigenvalue weighted by molar-refractivity contribution is 0.0827. The van der Waals surface area contributed by atoms with E-state index in [4.69, 9.17) is 0 Å². The number of rotatable bonds is 3. The van der Waals surface area contributed by atoms with Crippen LogP contribution in [0.15, 0.2) is 48.5 Å². The van der Waals surface area contributed by atoms with Gasteiger partial charge in [-0.15, -0.1) is 0 Å². The number of hydrogen-bond acceptors (Lipinski definition) is 2. The summed E-state index contributed by atoms with van der Waals surface area (Å²) in [7, 11) is 5.42. The minimum Gasteiger partial charge on any atom is -0.388 e. The van der Waals surface area contributed by atoms with E-state index < -0.39 is 0 Å². The molecular formula is C16H18N2O. The number of benzene rings is 2. The predicted octanol–water partition coefficient (Wildman–Crippen LogP) is 3.10. The molecule has 0 spiro atoms. The Hall–Kier alpha value is -2.29. The third-order valence-electron chi connectivity index (χ3n) is 3.02. The second kappa shape index (κ2) is 5.57. The van der Waals surface area contributed by atoms with Crippen LogP contribution >= 0.6 is 0 Å². The van der Waals surface area contributed by atoms with Crippen LogP contribution in [0, 0.1) is 0 Å². The Morgan fingerprint density at radius 3 is 2.26 bits per heavy atom. The van der Waals surface area contributed by atoms with Crippen molar-refractivity contribution < 1.29 is 4.79 Å². The average Bonchev–Trinajstić information content (AvgIpc) is 2.46. The molecule has 1 amide bonds. The van der Waals surface area contributed by atoms with Crippen LogP contribution in [0.2, 0.25) is 0 Å². The van der Waals surface area contributed by atoms with Gasteiger partial charge in [-0.3, -0.25) is 4.79 Å². The van der Waals surface area contributed by atoms with Crippen LogP contribution in [0.25, 0.3) is 11.1 Å². The molecule has 2 aromatic rings. The Bertz CT molecular complexity index is 574. The van der Waals surface area contributed by atoms with Gasteiger partial charge in [0.15, 0.2) is 0 Å². The van der Waals surface area contributed by atoms with E-state index in [-0.39, 0.29) is 5.91 Å². The second-order valence-corrected chi connectivity index (χ2v) is 4.61. The lowest BCUT2D eigenvalue weighted by Crippen LogP contribution is -2.21. The van der Waals surface area contributed by atoms with Crippen LogP contribution in [-0.2, 0) is 0 Å². The van der Waals surface area contributed by atoms with Crippen molar-refractivity contribution in [1.29, 1.82) is 0 Å². The number of nitrogens with zero attached hydrogens (tertiary/aromatic N) is 1. The fourth-order valence-corrected chi connectivity index (χ4v) is 1.92. The van der Waals surface area contributed by atoms with Gasteiger partial charge in [-0.05, 0) is 35.4 Å². The zero-order chi connectivity index (χ0) is 13.8. The smallest absolute Gasteiger partial charge is 0.253 e. The van der Waals surface area contributed by atoms with Gasteiger partial charge < -0.3 is 10.2 Å². The molecule has 0 saturated carbocycles. The van der Waals surface area contributed by atoms with Crippen molar-refractivity contribution in [2.75, 3.05) is 26.5 Å². The van der Waals surface area contributed by atoms with E-state index in [2.05, 4.69) is 5.32 Å². The molecule has 3 heteroatoms. The van der Waals surface area contributed by atoms with Gasteiger partial charge in [-0.25, -0.2) is 0 Å². The van der Waals surface area contributed by atoms with Crippen LogP contribution in [0.3, 0.4) is 0 Å². The van der Waals surface area contributed by atoms with Crippen LogP contribution in [0.1, 0.15) is 10.4 Å². The fourth-order valence-electron chi connectivity index (χ4n) is 1.92. The highest BCUT2D eigenvalue weighted by atomic mass is 16.2. The highest BCUT2D eigenvalue weighted by Crippen LogP contribution is 2.22. The standard InChI is InChI=1S/C16H18N2O/c1-17-15-9-7-12(8-10-15)13-5-4-6-14(11-13)16(19)18(2)3/h4-11,17H,1-3H3. The minimum absolute atomic E-state index is 0.0219. The molecule has 0 fully saturated rings. The van der Waals surface area contributed by atoms with Crippen LogP contribution < -0.4 is 5.32 Å². The first-order valence-corrected chi connectivity index (χ1v) is 6.21. The van der Waals surface area contributed by atoms with Crippen molar-refractivity contribution in [2.45, 2.75) is 0 Å². The summed E-state index contributed by atoms with van der Waals surface area (Å²) in [6.45, 7) is 0. The molecule has 19 heavy (non-hydrogen) atoms. The molecular weight excluding hydrogens is 236 g/mol. The molecule has 0 heterocycles. The summed E-state index contributed by atoms with van der Waals surface area (Å²) in [5, 5.41) is 3.09. The van der Waals surface area contributed by atoms with Crippen LogP contribution in [0.4, 0.5) is 5.69 Å². The molecule has 0 aliphatic heterocycles. The van der Waals surface area contributed by atoms with Gasteiger partial charge >= 0.3 is 0 Å². The van der Waals surface area contributed by atoms with Crippen molar-refractivity contribution >= 4 is 11.6 Å². The molecule has 0 aliphatic carbocycles. The fraction of sp³-hybridized carbons (Fsp3) is 0.188. The maximum atomic E-state index is 11.9. The molecule has 0 unspecified atom stereocenters. The number of nitrogens with one attached hydrogen (secondary N) is 1. The van der Waals surface area contributed by atoms with Gasteiger partial charge in [0.2, 0.25) is 0 Å². The van der Waals surface area contributed by atoms with E-state index >= 15 is 0 Å². The molecule has 1 N–H and O–H groups in total. The van der Waals surface area contributed by atoms with E-state index in [1.807, 2.05) is 55.6 Å². The van der Waals surface area contributed by atoms with E-state index in [9.17, 15) is 4.79 Å². The molecule has 2 rings (SSSR count). The van der Waals surface area contributed by atoms with Crippen molar-refractivity contribution in [3.8, 4) is 11.1 Å². The van der Waals surface area contributed by atoms with Gasteiger partial charge in [-0.1, -0.05) is 24.3 Å². The minimum atomic E-state index is 0.0219. The van der Waals surface area contributed by atoms with E-state index in [0.29, 0.717) is 5.56 Å². The van der Waals surface area contributed by atoms with Gasteiger partial charge in [0.25, 0.3) is 5.91 Å². The SMILES string of the molecule is CNc1ccc(-c2cccc(C(=O)N(C)C)c2)cc1. The lowest BCUT2D eigenvalue weighted by Gasteiger charge is -2.11. The maximum Gasteiger partial charge on any atom is 0.253 e. The normalized spacial score (nSPS) is 10.1. The number of carbonyl (C=O) groups is 1. The molecule has 0 atom stereocenters. The zero-order valence-corrected chi connectivity index (χ0v) is 11.5. The van der Waals surface area contributed by atoms with Crippen molar-refractivity contribution in [3.05, 3.63) is 54.1 Å². The van der Waals surface area contributed by atoms with Crippen molar-refractivity contribution in [2.24, 2.45) is 0 Å². The summed E-state index contributed by atoms with van der Waals surface area (Å²) in [5.74, 6) is 0.0219. The van der Waals surface area contributed by atoms with Gasteiger partial charge in [0.1, 0.15) is 0 Å². The van der Waals surface area contributed by atoms with Crippen molar-refractivity contribution in [3.63, 3.8) is 0 Å². The Morgan fingerprint density at radius 2 is 1.68 bits per heavy atom. The number of anilines is 1. The van der Waals surface area contributed by atoms with Gasteiger partial charge in [0, 0.05) is 32.4 Å². The molecule has 0 radical (unpaired) electrons. The first-order valence-electron chi connectivity index (χ1n) is 6.21. The predicted molar refractivity (Wildman–Crippen MR) is 79.4 cm³/mol. The number of amides is 1. The first kappa shape index (κ1) is 13.1. The number of hydrogen-bond donors (Lipinski definition) is 1. The highest BCUT2D eigenvalue weighted by Gasteiger charge is 2.08. The summed E-state index contributed by atoms with van der Waals surface area (Å²) in [5.41, 5.74) is 3.94. The zero-order valence-electron chi connectivity index (χ0n) is 11.5.